The van der Waals surface area contributed by atoms with E-state index in [9.17, 15) is 9.90 Å². The molecule has 0 saturated carbocycles. The van der Waals surface area contributed by atoms with Crippen molar-refractivity contribution >= 4 is 11.6 Å². The minimum atomic E-state index is -0.563. The number of hydrogen-bond acceptors (Lipinski definition) is 4. The molecule has 21 heavy (non-hydrogen) atoms. The molecule has 2 N–H and O–H groups in total. The molecule has 0 spiro atoms. The number of hydrogen-bond donors (Lipinski definition) is 2. The number of nitrogens with zero attached hydrogens (tertiary/aromatic N) is 1. The van der Waals surface area contributed by atoms with Gasteiger partial charge in [0.25, 0.3) is 5.91 Å². The van der Waals surface area contributed by atoms with Gasteiger partial charge in [0.2, 0.25) is 0 Å². The minimum Gasteiger partial charge on any atom is -0.482 e. The van der Waals surface area contributed by atoms with Crippen LogP contribution < -0.4 is 10.1 Å². The molecular formula is C16H24N2O3. The maximum Gasteiger partial charge on any atom is 0.262 e. The zero-order chi connectivity index (χ0) is 15.2. The fourth-order valence-corrected chi connectivity index (χ4v) is 2.58. The summed E-state index contributed by atoms with van der Waals surface area (Å²) in [4.78, 5) is 13.6. The Morgan fingerprint density at radius 1 is 1.33 bits per heavy atom. The maximum atomic E-state index is 11.3. The van der Waals surface area contributed by atoms with Gasteiger partial charge in [0.1, 0.15) is 5.75 Å². The fraction of sp³-hybridized carbons (Fsp3) is 0.562. The summed E-state index contributed by atoms with van der Waals surface area (Å²) in [6.07, 6.45) is 1.58. The molecule has 0 radical (unpaired) electrons. The van der Waals surface area contributed by atoms with E-state index < -0.39 is 6.10 Å². The van der Waals surface area contributed by atoms with Gasteiger partial charge in [0, 0.05) is 6.54 Å². The van der Waals surface area contributed by atoms with Gasteiger partial charge in [-0.05, 0) is 43.6 Å². The maximum absolute atomic E-state index is 11.3. The first-order valence-electron chi connectivity index (χ1n) is 7.61. The molecule has 1 amide bonds. The smallest absolute Gasteiger partial charge is 0.262 e. The summed E-state index contributed by atoms with van der Waals surface area (Å²) in [6, 6.07) is 5.46. The van der Waals surface area contributed by atoms with E-state index in [-0.39, 0.29) is 12.5 Å². The van der Waals surface area contributed by atoms with Crippen LogP contribution in [0.3, 0.4) is 0 Å². The van der Waals surface area contributed by atoms with E-state index in [0.29, 0.717) is 18.0 Å². The lowest BCUT2D eigenvalue weighted by atomic mass is 10.1. The number of carbonyl (C=O) groups is 1. The van der Waals surface area contributed by atoms with E-state index >= 15 is 0 Å². The number of amides is 1. The lowest BCUT2D eigenvalue weighted by Gasteiger charge is -2.25. The first-order chi connectivity index (χ1) is 10.1. The van der Waals surface area contributed by atoms with Gasteiger partial charge >= 0.3 is 0 Å². The molecule has 1 aromatic carbocycles. The number of aliphatic hydroxyl groups excluding tert-OH is 1. The Bertz CT molecular complexity index is 484. The zero-order valence-electron chi connectivity index (χ0n) is 12.8. The van der Waals surface area contributed by atoms with Crippen LogP contribution in [0.2, 0.25) is 0 Å². The van der Waals surface area contributed by atoms with Crippen LogP contribution in [0.4, 0.5) is 5.69 Å². The molecule has 1 aliphatic heterocycles. The van der Waals surface area contributed by atoms with E-state index in [1.807, 2.05) is 6.07 Å². The molecule has 2 rings (SSSR count). The molecule has 1 unspecified atom stereocenters. The Labute approximate surface area is 125 Å². The Hall–Kier alpha value is -1.59. The SMILES string of the molecule is CCCN(CCC)CC(O)c1ccc2c(c1)NC(=O)CO2. The summed E-state index contributed by atoms with van der Waals surface area (Å²) in [5.74, 6) is 0.497. The summed E-state index contributed by atoms with van der Waals surface area (Å²) in [6.45, 7) is 6.90. The van der Waals surface area contributed by atoms with Crippen LogP contribution in [-0.2, 0) is 4.79 Å². The number of anilines is 1. The van der Waals surface area contributed by atoms with E-state index in [1.165, 1.54) is 0 Å². The van der Waals surface area contributed by atoms with Crippen molar-refractivity contribution in [1.82, 2.24) is 4.90 Å². The number of aliphatic hydroxyl groups is 1. The van der Waals surface area contributed by atoms with Crippen molar-refractivity contribution in [2.45, 2.75) is 32.8 Å². The highest BCUT2D eigenvalue weighted by molar-refractivity contribution is 5.95. The van der Waals surface area contributed by atoms with Crippen LogP contribution >= 0.6 is 0 Å². The molecule has 5 nitrogen and oxygen atoms in total. The van der Waals surface area contributed by atoms with Crippen LogP contribution in [0.1, 0.15) is 38.4 Å². The number of carbonyl (C=O) groups excluding carboxylic acids is 1. The van der Waals surface area contributed by atoms with Crippen molar-refractivity contribution in [3.05, 3.63) is 23.8 Å². The summed E-state index contributed by atoms with van der Waals surface area (Å²) in [5.41, 5.74) is 1.44. The highest BCUT2D eigenvalue weighted by atomic mass is 16.5. The minimum absolute atomic E-state index is 0.0513. The molecule has 0 aliphatic carbocycles. The second-order valence-electron chi connectivity index (χ2n) is 5.41. The fourth-order valence-electron chi connectivity index (χ4n) is 2.58. The molecule has 5 heteroatoms. The highest BCUT2D eigenvalue weighted by Gasteiger charge is 2.19. The largest absolute Gasteiger partial charge is 0.482 e. The van der Waals surface area contributed by atoms with Gasteiger partial charge in [-0.15, -0.1) is 0 Å². The molecule has 1 heterocycles. The zero-order valence-corrected chi connectivity index (χ0v) is 12.8. The monoisotopic (exact) mass is 292 g/mol. The van der Waals surface area contributed by atoms with Gasteiger partial charge in [-0.2, -0.15) is 0 Å². The molecule has 0 aromatic heterocycles. The number of rotatable bonds is 7. The van der Waals surface area contributed by atoms with Crippen molar-refractivity contribution in [2.24, 2.45) is 0 Å². The van der Waals surface area contributed by atoms with Crippen LogP contribution in [-0.4, -0.2) is 42.2 Å². The van der Waals surface area contributed by atoms with Crippen LogP contribution in [0.5, 0.6) is 5.75 Å². The Kier molecular flexibility index (Phi) is 5.59. The third-order valence-corrected chi connectivity index (χ3v) is 3.53. The second kappa shape index (κ2) is 7.43. The lowest BCUT2D eigenvalue weighted by molar-refractivity contribution is -0.118. The predicted molar refractivity (Wildman–Crippen MR) is 82.5 cm³/mol. The van der Waals surface area contributed by atoms with Crippen LogP contribution in [0.15, 0.2) is 18.2 Å². The molecule has 0 saturated heterocycles. The Morgan fingerprint density at radius 3 is 2.71 bits per heavy atom. The third kappa shape index (κ3) is 4.19. The third-order valence-electron chi connectivity index (χ3n) is 3.53. The molecule has 1 atom stereocenters. The van der Waals surface area contributed by atoms with Crippen LogP contribution in [0.25, 0.3) is 0 Å². The summed E-state index contributed by atoms with van der Waals surface area (Å²) in [7, 11) is 0. The molecule has 0 bridgehead atoms. The summed E-state index contributed by atoms with van der Waals surface area (Å²) >= 11 is 0. The van der Waals surface area contributed by atoms with E-state index in [4.69, 9.17) is 4.74 Å². The first-order valence-corrected chi connectivity index (χ1v) is 7.61. The van der Waals surface area contributed by atoms with Gasteiger partial charge in [-0.3, -0.25) is 4.79 Å². The van der Waals surface area contributed by atoms with E-state index in [2.05, 4.69) is 24.1 Å². The number of benzene rings is 1. The van der Waals surface area contributed by atoms with Gasteiger partial charge in [0.15, 0.2) is 6.61 Å². The number of nitrogens with one attached hydrogen (secondary N) is 1. The van der Waals surface area contributed by atoms with Crippen molar-refractivity contribution in [3.63, 3.8) is 0 Å². The standard InChI is InChI=1S/C16H24N2O3/c1-3-7-18(8-4-2)10-14(19)12-5-6-15-13(9-12)17-16(20)11-21-15/h5-6,9,14,19H,3-4,7-8,10-11H2,1-2H3,(H,17,20). The number of fused-ring (bicyclic) bond motifs is 1. The Morgan fingerprint density at radius 2 is 2.05 bits per heavy atom. The Balaban J connectivity index is 2.06. The van der Waals surface area contributed by atoms with E-state index in [0.717, 1.165) is 31.5 Å². The molecule has 1 aromatic rings. The average Bonchev–Trinajstić information content (AvgIpc) is 2.47. The molecule has 1 aliphatic rings. The van der Waals surface area contributed by atoms with E-state index in [1.54, 1.807) is 12.1 Å². The average molecular weight is 292 g/mol. The summed E-state index contributed by atoms with van der Waals surface area (Å²) < 4.78 is 5.32. The number of ether oxygens (including phenoxy) is 1. The molecule has 0 fully saturated rings. The van der Waals surface area contributed by atoms with Crippen molar-refractivity contribution in [2.75, 3.05) is 31.6 Å². The second-order valence-corrected chi connectivity index (χ2v) is 5.41. The van der Waals surface area contributed by atoms with Gasteiger partial charge in [-0.1, -0.05) is 19.9 Å². The van der Waals surface area contributed by atoms with Crippen LogP contribution in [0, 0.1) is 0 Å². The quantitative estimate of drug-likeness (QED) is 0.808. The topological polar surface area (TPSA) is 61.8 Å². The van der Waals surface area contributed by atoms with Gasteiger partial charge in [0.05, 0.1) is 11.8 Å². The van der Waals surface area contributed by atoms with Gasteiger partial charge in [-0.25, -0.2) is 0 Å². The van der Waals surface area contributed by atoms with Gasteiger partial charge < -0.3 is 20.1 Å². The molecule has 116 valence electrons. The van der Waals surface area contributed by atoms with Crippen molar-refractivity contribution in [1.29, 1.82) is 0 Å². The first kappa shape index (κ1) is 15.8. The highest BCUT2D eigenvalue weighted by Crippen LogP contribution is 2.30. The van der Waals surface area contributed by atoms with Crippen molar-refractivity contribution < 1.29 is 14.6 Å². The normalized spacial score (nSPS) is 15.3. The molecular weight excluding hydrogens is 268 g/mol. The summed E-state index contributed by atoms with van der Waals surface area (Å²) in [5, 5.41) is 13.2. The predicted octanol–water partition coefficient (Wildman–Crippen LogP) is 2.17. The van der Waals surface area contributed by atoms with Crippen molar-refractivity contribution in [3.8, 4) is 5.75 Å². The lowest BCUT2D eigenvalue weighted by Crippen LogP contribution is -2.30.